The fourth-order valence-electron chi connectivity index (χ4n) is 1.15. The lowest BCUT2D eigenvalue weighted by molar-refractivity contribution is -0.136. The van der Waals surface area contributed by atoms with Crippen LogP contribution in [0.5, 0.6) is 5.75 Å². The largest absolute Gasteiger partial charge is 0.507 e. The zero-order chi connectivity index (χ0) is 12.0. The van der Waals surface area contributed by atoms with Crippen LogP contribution in [0.15, 0.2) is 18.2 Å². The molecule has 0 fully saturated rings. The molecule has 0 aliphatic carbocycles. The maximum atomic E-state index is 10.5. The zero-order valence-electron chi connectivity index (χ0n) is 8.40. The number of aromatic hydroxyl groups is 1. The zero-order valence-corrected chi connectivity index (χ0v) is 8.40. The van der Waals surface area contributed by atoms with E-state index in [4.69, 9.17) is 10.4 Å². The van der Waals surface area contributed by atoms with Gasteiger partial charge in [0.25, 0.3) is 0 Å². The van der Waals surface area contributed by atoms with E-state index in [-0.39, 0.29) is 18.6 Å². The number of hydrogen-bond donors (Lipinski definition) is 2. The van der Waals surface area contributed by atoms with Gasteiger partial charge in [0, 0.05) is 0 Å². The van der Waals surface area contributed by atoms with Crippen LogP contribution in [0.4, 0.5) is 0 Å². The average Bonchev–Trinajstić information content (AvgIpc) is 2.22. The smallest absolute Gasteiger partial charge is 0.307 e. The first-order valence-corrected chi connectivity index (χ1v) is 4.53. The Morgan fingerprint density at radius 3 is 2.81 bits per heavy atom. The summed E-state index contributed by atoms with van der Waals surface area (Å²) in [5, 5.41) is 26.3. The first-order valence-electron chi connectivity index (χ1n) is 4.53. The molecule has 0 unspecified atom stereocenters. The topological polar surface area (TPSA) is 81.3 Å². The summed E-state index contributed by atoms with van der Waals surface area (Å²) < 4.78 is 0. The lowest BCUT2D eigenvalue weighted by Gasteiger charge is -2.00. The molecule has 1 aromatic carbocycles. The number of phenolic OH excluding ortho intramolecular Hbond substituents is 1. The van der Waals surface area contributed by atoms with Crippen LogP contribution in [0.1, 0.15) is 17.5 Å². The second-order valence-electron chi connectivity index (χ2n) is 3.06. The average molecular weight is 215 g/mol. The van der Waals surface area contributed by atoms with Crippen molar-refractivity contribution < 1.29 is 15.0 Å². The van der Waals surface area contributed by atoms with Crippen molar-refractivity contribution in [2.75, 3.05) is 0 Å². The van der Waals surface area contributed by atoms with Crippen molar-refractivity contribution in [3.63, 3.8) is 0 Å². The third-order valence-electron chi connectivity index (χ3n) is 1.81. The van der Waals surface area contributed by atoms with Gasteiger partial charge >= 0.3 is 5.97 Å². The van der Waals surface area contributed by atoms with Crippen LogP contribution in [0, 0.1) is 23.2 Å². The minimum atomic E-state index is -0.943. The summed E-state index contributed by atoms with van der Waals surface area (Å²) in [6, 6.07) is 6.29. The molecule has 0 amide bonds. The number of carbonyl (C=O) groups is 1. The van der Waals surface area contributed by atoms with Crippen LogP contribution in [-0.4, -0.2) is 16.2 Å². The van der Waals surface area contributed by atoms with Gasteiger partial charge in [-0.1, -0.05) is 17.9 Å². The Bertz CT molecular complexity index is 503. The third-order valence-corrected chi connectivity index (χ3v) is 1.81. The van der Waals surface area contributed by atoms with Gasteiger partial charge in [-0.2, -0.15) is 5.26 Å². The molecule has 0 radical (unpaired) electrons. The lowest BCUT2D eigenvalue weighted by atomic mass is 10.1. The number of carboxylic acids is 1. The molecule has 0 saturated carbocycles. The van der Waals surface area contributed by atoms with Crippen molar-refractivity contribution in [3.8, 4) is 23.7 Å². The Hall–Kier alpha value is -2.46. The third kappa shape index (κ3) is 3.36. The summed E-state index contributed by atoms with van der Waals surface area (Å²) in [6.07, 6.45) is -0.0458. The Morgan fingerprint density at radius 2 is 2.19 bits per heavy atom. The van der Waals surface area contributed by atoms with E-state index in [1.807, 2.05) is 6.07 Å². The normalized spacial score (nSPS) is 8.69. The molecule has 1 rings (SSSR count). The molecule has 0 spiro atoms. The first kappa shape index (κ1) is 11.6. The highest BCUT2D eigenvalue weighted by Crippen LogP contribution is 2.17. The SMILES string of the molecule is N#CCC#Cc1cc(CC(=O)O)ccc1O. The minimum Gasteiger partial charge on any atom is -0.507 e. The van der Waals surface area contributed by atoms with Gasteiger partial charge in [-0.05, 0) is 17.7 Å². The molecular formula is C12H9NO3. The Balaban J connectivity index is 2.97. The second kappa shape index (κ2) is 5.43. The van der Waals surface area contributed by atoms with Crippen LogP contribution < -0.4 is 0 Å². The molecule has 2 N–H and O–H groups in total. The molecule has 16 heavy (non-hydrogen) atoms. The molecule has 1 aromatic rings. The van der Waals surface area contributed by atoms with Crippen LogP contribution >= 0.6 is 0 Å². The molecule has 0 aliphatic heterocycles. The lowest BCUT2D eigenvalue weighted by Crippen LogP contribution is -2.00. The predicted octanol–water partition coefficient (Wildman–Crippen LogP) is 1.28. The van der Waals surface area contributed by atoms with Crippen molar-refractivity contribution in [1.29, 1.82) is 5.26 Å². The van der Waals surface area contributed by atoms with Crippen LogP contribution in [-0.2, 0) is 11.2 Å². The summed E-state index contributed by atoms with van der Waals surface area (Å²) in [5.41, 5.74) is 0.903. The van der Waals surface area contributed by atoms with Crippen molar-refractivity contribution in [2.45, 2.75) is 12.8 Å². The highest BCUT2D eigenvalue weighted by Gasteiger charge is 2.03. The van der Waals surface area contributed by atoms with Gasteiger partial charge < -0.3 is 10.2 Å². The summed E-state index contributed by atoms with van der Waals surface area (Å²) in [5.74, 6) is 4.21. The number of carboxylic acid groups (broad SMARTS) is 1. The number of phenols is 1. The van der Waals surface area contributed by atoms with Gasteiger partial charge in [0.1, 0.15) is 5.75 Å². The van der Waals surface area contributed by atoms with Gasteiger partial charge in [-0.15, -0.1) is 0 Å². The van der Waals surface area contributed by atoms with Crippen molar-refractivity contribution in [3.05, 3.63) is 29.3 Å². The van der Waals surface area contributed by atoms with Gasteiger partial charge in [-0.3, -0.25) is 4.79 Å². The van der Waals surface area contributed by atoms with E-state index in [1.165, 1.54) is 18.2 Å². The number of hydrogen-bond acceptors (Lipinski definition) is 3. The maximum Gasteiger partial charge on any atom is 0.307 e. The molecule has 0 saturated heterocycles. The summed E-state index contributed by atoms with van der Waals surface area (Å²) in [7, 11) is 0. The Kier molecular flexibility index (Phi) is 3.94. The molecule has 0 bridgehead atoms. The van der Waals surface area contributed by atoms with E-state index >= 15 is 0 Å². The van der Waals surface area contributed by atoms with Crippen molar-refractivity contribution >= 4 is 5.97 Å². The molecule has 0 aliphatic rings. The Labute approximate surface area is 92.8 Å². The molecule has 4 nitrogen and oxygen atoms in total. The van der Waals surface area contributed by atoms with Gasteiger partial charge in [0.05, 0.1) is 24.5 Å². The highest BCUT2D eigenvalue weighted by molar-refractivity contribution is 5.70. The van der Waals surface area contributed by atoms with E-state index < -0.39 is 5.97 Å². The van der Waals surface area contributed by atoms with Gasteiger partial charge in [0.2, 0.25) is 0 Å². The maximum absolute atomic E-state index is 10.5. The monoisotopic (exact) mass is 215 g/mol. The van der Waals surface area contributed by atoms with E-state index in [0.717, 1.165) is 0 Å². The fourth-order valence-corrected chi connectivity index (χ4v) is 1.15. The molecule has 4 heteroatoms. The molecule has 0 aromatic heterocycles. The number of nitrogens with zero attached hydrogens (tertiary/aromatic N) is 1. The molecular weight excluding hydrogens is 206 g/mol. The van der Waals surface area contributed by atoms with Crippen LogP contribution in [0.25, 0.3) is 0 Å². The number of aliphatic carboxylic acids is 1. The van der Waals surface area contributed by atoms with Crippen LogP contribution in [0.2, 0.25) is 0 Å². The highest BCUT2D eigenvalue weighted by atomic mass is 16.4. The second-order valence-corrected chi connectivity index (χ2v) is 3.06. The van der Waals surface area contributed by atoms with E-state index in [1.54, 1.807) is 0 Å². The predicted molar refractivity (Wildman–Crippen MR) is 56.6 cm³/mol. The van der Waals surface area contributed by atoms with Gasteiger partial charge in [0.15, 0.2) is 0 Å². The quantitative estimate of drug-likeness (QED) is 0.728. The molecule has 0 heterocycles. The minimum absolute atomic E-state index is 0.0143. The number of rotatable bonds is 2. The summed E-state index contributed by atoms with van der Waals surface area (Å²) >= 11 is 0. The van der Waals surface area contributed by atoms with Crippen LogP contribution in [0.3, 0.4) is 0 Å². The summed E-state index contributed by atoms with van der Waals surface area (Å²) in [4.78, 5) is 10.5. The standard InChI is InChI=1S/C12H9NO3/c13-6-2-1-3-10-7-9(8-12(15)16)4-5-11(10)14/h4-5,7,14H,2,8H2,(H,15,16). The van der Waals surface area contributed by atoms with E-state index in [0.29, 0.717) is 11.1 Å². The molecule has 0 atom stereocenters. The van der Waals surface area contributed by atoms with Crippen molar-refractivity contribution in [1.82, 2.24) is 0 Å². The van der Waals surface area contributed by atoms with Crippen molar-refractivity contribution in [2.24, 2.45) is 0 Å². The molecule has 80 valence electrons. The first-order chi connectivity index (χ1) is 7.63. The number of benzene rings is 1. The summed E-state index contributed by atoms with van der Waals surface area (Å²) in [6.45, 7) is 0. The Morgan fingerprint density at radius 1 is 1.44 bits per heavy atom. The fraction of sp³-hybridized carbons (Fsp3) is 0.167. The van der Waals surface area contributed by atoms with E-state index in [2.05, 4.69) is 11.8 Å². The van der Waals surface area contributed by atoms with Gasteiger partial charge in [-0.25, -0.2) is 0 Å². The number of nitriles is 1. The van der Waals surface area contributed by atoms with E-state index in [9.17, 15) is 9.90 Å².